The topological polar surface area (TPSA) is 79.7 Å². The van der Waals surface area contributed by atoms with E-state index in [1.165, 1.54) is 6.20 Å². The van der Waals surface area contributed by atoms with Gasteiger partial charge >= 0.3 is 12.1 Å². The molecule has 0 saturated carbocycles. The summed E-state index contributed by atoms with van der Waals surface area (Å²) >= 11 is 0. The van der Waals surface area contributed by atoms with Crippen molar-refractivity contribution in [2.24, 2.45) is 5.41 Å². The minimum absolute atomic E-state index is 0.392. The number of likely N-dealkylation sites (tertiary alicyclic amines) is 1. The van der Waals surface area contributed by atoms with E-state index in [1.54, 1.807) is 23.2 Å². The highest BCUT2D eigenvalue weighted by molar-refractivity contribution is 5.76. The number of aromatic nitrogens is 1. The van der Waals surface area contributed by atoms with Crippen LogP contribution in [0.5, 0.6) is 5.75 Å². The van der Waals surface area contributed by atoms with Gasteiger partial charge in [-0.1, -0.05) is 6.92 Å². The molecule has 20 heavy (non-hydrogen) atoms. The van der Waals surface area contributed by atoms with Gasteiger partial charge in [0.05, 0.1) is 11.6 Å². The Morgan fingerprint density at radius 3 is 2.65 bits per heavy atom. The quantitative estimate of drug-likeness (QED) is 0.916. The van der Waals surface area contributed by atoms with Crippen LogP contribution in [0.2, 0.25) is 0 Å². The van der Waals surface area contributed by atoms with Gasteiger partial charge in [0, 0.05) is 19.3 Å². The first kappa shape index (κ1) is 14.3. The zero-order valence-electron chi connectivity index (χ0n) is 11.4. The number of carboxylic acid groups (broad SMARTS) is 1. The molecule has 1 amide bonds. The van der Waals surface area contributed by atoms with Crippen LogP contribution >= 0.6 is 0 Å². The summed E-state index contributed by atoms with van der Waals surface area (Å²) in [4.78, 5) is 28.7. The number of carbonyl (C=O) groups excluding carboxylic acids is 1. The summed E-state index contributed by atoms with van der Waals surface area (Å²) in [5.74, 6) is -0.386. The SMILES string of the molecule is CCC1(C(=O)O)CCN(C(=O)Oc2cccnc2)CC1. The van der Waals surface area contributed by atoms with Crippen molar-refractivity contribution in [3.63, 3.8) is 0 Å². The Hall–Kier alpha value is -2.11. The van der Waals surface area contributed by atoms with Crippen LogP contribution < -0.4 is 4.74 Å². The molecule has 0 aliphatic carbocycles. The molecule has 1 aromatic rings. The van der Waals surface area contributed by atoms with Crippen LogP contribution in [0.25, 0.3) is 0 Å². The molecular weight excluding hydrogens is 260 g/mol. The van der Waals surface area contributed by atoms with E-state index in [4.69, 9.17) is 4.74 Å². The molecule has 2 heterocycles. The lowest BCUT2D eigenvalue weighted by Crippen LogP contribution is -2.47. The second-order valence-corrected chi connectivity index (χ2v) is 4.98. The van der Waals surface area contributed by atoms with Crippen molar-refractivity contribution < 1.29 is 19.4 Å². The number of hydrogen-bond acceptors (Lipinski definition) is 4. The number of pyridine rings is 1. The molecule has 108 valence electrons. The Balaban J connectivity index is 1.94. The zero-order valence-corrected chi connectivity index (χ0v) is 11.4. The van der Waals surface area contributed by atoms with Crippen molar-refractivity contribution in [2.75, 3.05) is 13.1 Å². The van der Waals surface area contributed by atoms with Gasteiger partial charge in [-0.2, -0.15) is 0 Å². The molecule has 1 aliphatic rings. The number of carboxylic acids is 1. The first-order valence-electron chi connectivity index (χ1n) is 6.67. The van der Waals surface area contributed by atoms with Gasteiger partial charge in [-0.25, -0.2) is 4.79 Å². The Kier molecular flexibility index (Phi) is 4.22. The lowest BCUT2D eigenvalue weighted by Gasteiger charge is -2.37. The number of amides is 1. The van der Waals surface area contributed by atoms with Crippen LogP contribution in [-0.4, -0.2) is 40.1 Å². The molecule has 0 radical (unpaired) electrons. The summed E-state index contributed by atoms with van der Waals surface area (Å²) in [6, 6.07) is 3.34. The second-order valence-electron chi connectivity index (χ2n) is 4.98. The summed E-state index contributed by atoms with van der Waals surface area (Å²) in [7, 11) is 0. The number of ether oxygens (including phenoxy) is 1. The van der Waals surface area contributed by atoms with Crippen LogP contribution in [0.1, 0.15) is 26.2 Å². The highest BCUT2D eigenvalue weighted by atomic mass is 16.6. The molecule has 1 fully saturated rings. The maximum absolute atomic E-state index is 12.0. The molecule has 1 aliphatic heterocycles. The van der Waals surface area contributed by atoms with Crippen LogP contribution in [0, 0.1) is 5.41 Å². The lowest BCUT2D eigenvalue weighted by molar-refractivity contribution is -0.152. The Morgan fingerprint density at radius 1 is 1.45 bits per heavy atom. The third kappa shape index (κ3) is 2.89. The Morgan fingerprint density at radius 2 is 2.15 bits per heavy atom. The fourth-order valence-electron chi connectivity index (χ4n) is 2.41. The molecule has 1 aromatic heterocycles. The summed E-state index contributed by atoms with van der Waals surface area (Å²) in [6.07, 6.45) is 4.11. The summed E-state index contributed by atoms with van der Waals surface area (Å²) in [5.41, 5.74) is -0.703. The second kappa shape index (κ2) is 5.90. The average molecular weight is 278 g/mol. The standard InChI is InChI=1S/C14H18N2O4/c1-2-14(12(17)18)5-8-16(9-6-14)13(19)20-11-4-3-7-15-10-11/h3-4,7,10H,2,5-6,8-9H2,1H3,(H,17,18). The van der Waals surface area contributed by atoms with Gasteiger partial charge in [0.1, 0.15) is 0 Å². The van der Waals surface area contributed by atoms with E-state index in [-0.39, 0.29) is 0 Å². The average Bonchev–Trinajstić information content (AvgIpc) is 2.48. The lowest BCUT2D eigenvalue weighted by atomic mass is 9.76. The van der Waals surface area contributed by atoms with Gasteiger partial charge in [-0.05, 0) is 31.4 Å². The third-order valence-corrected chi connectivity index (χ3v) is 3.95. The molecular formula is C14H18N2O4. The van der Waals surface area contributed by atoms with Gasteiger partial charge in [-0.3, -0.25) is 9.78 Å². The normalized spacial score (nSPS) is 17.6. The Bertz CT molecular complexity index is 481. The molecule has 0 aromatic carbocycles. The van der Waals surface area contributed by atoms with Gasteiger partial charge in [0.2, 0.25) is 0 Å². The molecule has 0 atom stereocenters. The molecule has 1 N–H and O–H groups in total. The largest absolute Gasteiger partial charge is 0.481 e. The van der Waals surface area contributed by atoms with Crippen LogP contribution in [0.3, 0.4) is 0 Å². The minimum Gasteiger partial charge on any atom is -0.481 e. The third-order valence-electron chi connectivity index (χ3n) is 3.95. The highest BCUT2D eigenvalue weighted by Crippen LogP contribution is 2.35. The predicted octanol–water partition coefficient (Wildman–Crippen LogP) is 2.16. The first-order valence-corrected chi connectivity index (χ1v) is 6.67. The first-order chi connectivity index (χ1) is 9.57. The minimum atomic E-state index is -0.778. The van der Waals surface area contributed by atoms with Crippen LogP contribution in [0.4, 0.5) is 4.79 Å². The zero-order chi connectivity index (χ0) is 14.6. The summed E-state index contributed by atoms with van der Waals surface area (Å²) < 4.78 is 5.19. The molecule has 0 bridgehead atoms. The van der Waals surface area contributed by atoms with E-state index in [2.05, 4.69) is 4.98 Å². The van der Waals surface area contributed by atoms with Crippen molar-refractivity contribution in [2.45, 2.75) is 26.2 Å². The van der Waals surface area contributed by atoms with Crippen molar-refractivity contribution in [3.05, 3.63) is 24.5 Å². The number of rotatable bonds is 3. The number of hydrogen-bond donors (Lipinski definition) is 1. The number of nitrogens with zero attached hydrogens (tertiary/aromatic N) is 2. The smallest absolute Gasteiger partial charge is 0.415 e. The number of aliphatic carboxylic acids is 1. The van der Waals surface area contributed by atoms with E-state index >= 15 is 0 Å². The monoisotopic (exact) mass is 278 g/mol. The number of piperidine rings is 1. The molecule has 0 spiro atoms. The van der Waals surface area contributed by atoms with E-state index < -0.39 is 17.5 Å². The molecule has 6 nitrogen and oxygen atoms in total. The molecule has 2 rings (SSSR count). The van der Waals surface area contributed by atoms with E-state index in [0.29, 0.717) is 38.1 Å². The van der Waals surface area contributed by atoms with Crippen molar-refractivity contribution in [1.82, 2.24) is 9.88 Å². The fraction of sp³-hybridized carbons (Fsp3) is 0.500. The summed E-state index contributed by atoms with van der Waals surface area (Å²) in [6.45, 7) is 2.68. The van der Waals surface area contributed by atoms with Crippen molar-refractivity contribution in [1.29, 1.82) is 0 Å². The maximum atomic E-state index is 12.0. The molecule has 0 unspecified atom stereocenters. The summed E-state index contributed by atoms with van der Waals surface area (Å²) in [5, 5.41) is 9.31. The number of carbonyl (C=O) groups is 2. The molecule has 1 saturated heterocycles. The van der Waals surface area contributed by atoms with E-state index in [9.17, 15) is 14.7 Å². The van der Waals surface area contributed by atoms with E-state index in [0.717, 1.165) is 0 Å². The van der Waals surface area contributed by atoms with Gasteiger partial charge < -0.3 is 14.7 Å². The Labute approximate surface area is 117 Å². The van der Waals surface area contributed by atoms with Crippen LogP contribution in [-0.2, 0) is 4.79 Å². The van der Waals surface area contributed by atoms with Gasteiger partial charge in [-0.15, -0.1) is 0 Å². The maximum Gasteiger partial charge on any atom is 0.415 e. The highest BCUT2D eigenvalue weighted by Gasteiger charge is 2.41. The molecule has 6 heteroatoms. The predicted molar refractivity (Wildman–Crippen MR) is 71.4 cm³/mol. The van der Waals surface area contributed by atoms with Crippen molar-refractivity contribution >= 4 is 12.1 Å². The van der Waals surface area contributed by atoms with Gasteiger partial charge in [0.15, 0.2) is 5.75 Å². The van der Waals surface area contributed by atoms with Crippen molar-refractivity contribution in [3.8, 4) is 5.75 Å². The van der Waals surface area contributed by atoms with E-state index in [1.807, 2.05) is 6.92 Å². The van der Waals surface area contributed by atoms with Crippen LogP contribution in [0.15, 0.2) is 24.5 Å². The van der Waals surface area contributed by atoms with Gasteiger partial charge in [0.25, 0.3) is 0 Å². The fourth-order valence-corrected chi connectivity index (χ4v) is 2.41.